The van der Waals surface area contributed by atoms with Crippen molar-refractivity contribution >= 4 is 17.3 Å². The first-order chi connectivity index (χ1) is 25.3. The number of rotatable bonds is 16. The zero-order valence-corrected chi connectivity index (χ0v) is 30.4. The van der Waals surface area contributed by atoms with E-state index in [4.69, 9.17) is 38.0 Å². The fraction of sp³-hybridized carbons (Fsp3) is 0.350. The van der Waals surface area contributed by atoms with Crippen LogP contribution in [-0.2, 0) is 4.84 Å². The molecule has 12 heteroatoms. The van der Waals surface area contributed by atoms with Gasteiger partial charge in [-0.1, -0.05) is 22.9 Å². The first kappa shape index (κ1) is 36.0. The average molecular weight is 712 g/mol. The third kappa shape index (κ3) is 7.91. The van der Waals surface area contributed by atoms with E-state index in [2.05, 4.69) is 15.8 Å². The molecule has 52 heavy (non-hydrogen) atoms. The fourth-order valence-electron chi connectivity index (χ4n) is 6.25. The van der Waals surface area contributed by atoms with Crippen molar-refractivity contribution in [3.63, 3.8) is 0 Å². The molecule has 2 N–H and O–H groups in total. The zero-order chi connectivity index (χ0) is 36.6. The van der Waals surface area contributed by atoms with Crippen molar-refractivity contribution in [2.24, 2.45) is 5.16 Å². The number of carbonyl (C=O) groups is 1. The van der Waals surface area contributed by atoms with E-state index in [-0.39, 0.29) is 18.2 Å². The summed E-state index contributed by atoms with van der Waals surface area (Å²) < 4.78 is 39.9. The molecule has 0 bridgehead atoms. The van der Waals surface area contributed by atoms with Gasteiger partial charge in [0.2, 0.25) is 5.75 Å². The Morgan fingerprint density at radius 2 is 1.35 bits per heavy atom. The van der Waals surface area contributed by atoms with Gasteiger partial charge in [0.05, 0.1) is 60.0 Å². The Kier molecular flexibility index (Phi) is 11.4. The summed E-state index contributed by atoms with van der Waals surface area (Å²) in [6.45, 7) is 3.00. The van der Waals surface area contributed by atoms with Crippen LogP contribution in [0.3, 0.4) is 0 Å². The summed E-state index contributed by atoms with van der Waals surface area (Å²) in [6.07, 6.45) is 2.42. The van der Waals surface area contributed by atoms with E-state index in [0.717, 1.165) is 52.9 Å². The van der Waals surface area contributed by atoms with Crippen molar-refractivity contribution < 1.29 is 42.8 Å². The lowest BCUT2D eigenvalue weighted by Gasteiger charge is -2.28. The van der Waals surface area contributed by atoms with Crippen LogP contribution in [0, 0.1) is 6.92 Å². The van der Waals surface area contributed by atoms with Crippen molar-refractivity contribution in [3.05, 3.63) is 94.5 Å². The standard InChI is InChI=1S/C40H45N3O9/c1-24-10-13-29-28(18-24)40(44)42-39(41-29)26-12-15-32(34(20-26)46-3)50-16-8-7-9-17-51-35-19-25(11-14-31(35)45-2)30-23-33(52-43-30)27-21-36(47-4)38(49-6)37(22-27)48-5/h10-15,18-22,33,39,41H,7-9,16-17,23H2,1-6H3,(H,42,44). The zero-order valence-electron chi connectivity index (χ0n) is 30.4. The Labute approximate surface area is 303 Å². The topological polar surface area (TPSA) is 127 Å². The number of fused-ring (bicyclic) bond motifs is 1. The van der Waals surface area contributed by atoms with Gasteiger partial charge >= 0.3 is 0 Å². The van der Waals surface area contributed by atoms with Gasteiger partial charge in [0, 0.05) is 23.2 Å². The van der Waals surface area contributed by atoms with Crippen LogP contribution in [0.5, 0.6) is 40.2 Å². The number of aryl methyl sites for hydroxylation is 1. The van der Waals surface area contributed by atoms with Gasteiger partial charge < -0.3 is 48.6 Å². The van der Waals surface area contributed by atoms with Crippen molar-refractivity contribution in [2.75, 3.05) is 54.1 Å². The molecule has 2 unspecified atom stereocenters. The van der Waals surface area contributed by atoms with E-state index < -0.39 is 0 Å². The quantitative estimate of drug-likeness (QED) is 0.114. The van der Waals surface area contributed by atoms with Crippen molar-refractivity contribution in [3.8, 4) is 40.2 Å². The van der Waals surface area contributed by atoms with E-state index in [9.17, 15) is 4.79 Å². The predicted octanol–water partition coefficient (Wildman–Crippen LogP) is 7.39. The van der Waals surface area contributed by atoms with Gasteiger partial charge in [-0.25, -0.2) is 0 Å². The highest BCUT2D eigenvalue weighted by Crippen LogP contribution is 2.42. The maximum Gasteiger partial charge on any atom is 0.255 e. The molecule has 4 aromatic carbocycles. The third-order valence-electron chi connectivity index (χ3n) is 9.04. The minimum absolute atomic E-state index is 0.114. The second kappa shape index (κ2) is 16.5. The first-order valence-electron chi connectivity index (χ1n) is 17.2. The molecule has 1 amide bonds. The number of hydrogen-bond donors (Lipinski definition) is 2. The average Bonchev–Trinajstić information content (AvgIpc) is 3.67. The summed E-state index contributed by atoms with van der Waals surface area (Å²) in [5, 5.41) is 10.8. The van der Waals surface area contributed by atoms with Crippen LogP contribution < -0.4 is 43.8 Å². The summed E-state index contributed by atoms with van der Waals surface area (Å²) in [4.78, 5) is 18.6. The Hall–Kier alpha value is -5.78. The molecule has 274 valence electrons. The second-order valence-electron chi connectivity index (χ2n) is 12.4. The van der Waals surface area contributed by atoms with Gasteiger partial charge in [0.25, 0.3) is 5.91 Å². The van der Waals surface area contributed by atoms with Gasteiger partial charge in [0.1, 0.15) is 6.17 Å². The summed E-state index contributed by atoms with van der Waals surface area (Å²) in [6, 6.07) is 21.0. The van der Waals surface area contributed by atoms with E-state index in [1.54, 1.807) is 35.5 Å². The Bertz CT molecular complexity index is 1900. The van der Waals surface area contributed by atoms with Gasteiger partial charge in [-0.15, -0.1) is 0 Å². The molecular formula is C40H45N3O9. The van der Waals surface area contributed by atoms with E-state index in [0.29, 0.717) is 65.4 Å². The molecule has 4 aromatic rings. The summed E-state index contributed by atoms with van der Waals surface area (Å²) in [5.41, 5.74) is 5.89. The molecular weight excluding hydrogens is 666 g/mol. The molecule has 0 saturated carbocycles. The predicted molar refractivity (Wildman–Crippen MR) is 197 cm³/mol. The normalized spacial score (nSPS) is 16.0. The molecule has 0 aromatic heterocycles. The van der Waals surface area contributed by atoms with Crippen LogP contribution >= 0.6 is 0 Å². The maximum atomic E-state index is 12.7. The Morgan fingerprint density at radius 1 is 0.673 bits per heavy atom. The van der Waals surface area contributed by atoms with E-state index in [1.165, 1.54) is 0 Å². The van der Waals surface area contributed by atoms with Crippen LogP contribution in [0.25, 0.3) is 0 Å². The number of hydrogen-bond acceptors (Lipinski definition) is 11. The van der Waals surface area contributed by atoms with Crippen LogP contribution in [0.15, 0.2) is 71.9 Å². The SMILES string of the molecule is COc1cc(C2NC(=O)c3cc(C)ccc3N2)ccc1OCCCCCOc1cc(C2=NOC(c3cc(OC)c(OC)c(OC)c3)C2)ccc1OC. The molecule has 12 nitrogen and oxygen atoms in total. The molecule has 0 spiro atoms. The van der Waals surface area contributed by atoms with Crippen molar-refractivity contribution in [2.45, 2.75) is 44.9 Å². The molecule has 0 saturated heterocycles. The van der Waals surface area contributed by atoms with Gasteiger partial charge in [0.15, 0.2) is 40.6 Å². The second-order valence-corrected chi connectivity index (χ2v) is 12.4. The van der Waals surface area contributed by atoms with Crippen LogP contribution in [0.1, 0.15) is 70.6 Å². The monoisotopic (exact) mass is 711 g/mol. The van der Waals surface area contributed by atoms with Crippen LogP contribution in [0.2, 0.25) is 0 Å². The Balaban J connectivity index is 0.979. The molecule has 2 aliphatic rings. The number of methoxy groups -OCH3 is 5. The highest BCUT2D eigenvalue weighted by molar-refractivity contribution is 6.02. The molecule has 0 aliphatic carbocycles. The Morgan fingerprint density at radius 3 is 2.04 bits per heavy atom. The summed E-state index contributed by atoms with van der Waals surface area (Å²) in [7, 11) is 7.98. The first-order valence-corrected chi connectivity index (χ1v) is 17.2. The van der Waals surface area contributed by atoms with Crippen molar-refractivity contribution in [1.82, 2.24) is 5.32 Å². The van der Waals surface area contributed by atoms with Crippen LogP contribution in [0.4, 0.5) is 5.69 Å². The van der Waals surface area contributed by atoms with Gasteiger partial charge in [-0.3, -0.25) is 4.79 Å². The van der Waals surface area contributed by atoms with Crippen molar-refractivity contribution in [1.29, 1.82) is 0 Å². The van der Waals surface area contributed by atoms with Gasteiger partial charge in [-0.05, 0) is 86.3 Å². The number of amides is 1. The smallest absolute Gasteiger partial charge is 0.255 e. The number of nitrogens with zero attached hydrogens (tertiary/aromatic N) is 1. The molecule has 2 aliphatic heterocycles. The maximum absolute atomic E-state index is 12.7. The number of benzene rings is 4. The molecule has 2 atom stereocenters. The summed E-state index contributed by atoms with van der Waals surface area (Å²) >= 11 is 0. The highest BCUT2D eigenvalue weighted by atomic mass is 16.6. The number of ether oxygens (including phenoxy) is 7. The van der Waals surface area contributed by atoms with Gasteiger partial charge in [-0.2, -0.15) is 0 Å². The van der Waals surface area contributed by atoms with Crippen LogP contribution in [-0.4, -0.2) is 60.4 Å². The lowest BCUT2D eigenvalue weighted by atomic mass is 9.99. The fourth-order valence-corrected chi connectivity index (χ4v) is 6.25. The molecule has 0 fully saturated rings. The largest absolute Gasteiger partial charge is 0.493 e. The number of nitrogens with one attached hydrogen (secondary N) is 2. The number of unbranched alkanes of at least 4 members (excludes halogenated alkanes) is 2. The number of oxime groups is 1. The minimum Gasteiger partial charge on any atom is -0.493 e. The number of anilines is 1. The third-order valence-corrected chi connectivity index (χ3v) is 9.04. The number of carbonyl (C=O) groups excluding carboxylic acids is 1. The van der Waals surface area contributed by atoms with E-state index >= 15 is 0 Å². The minimum atomic E-state index is -0.380. The molecule has 2 heterocycles. The molecule has 6 rings (SSSR count). The lowest BCUT2D eigenvalue weighted by molar-refractivity contribution is 0.0853. The highest BCUT2D eigenvalue weighted by Gasteiger charge is 2.28. The lowest BCUT2D eigenvalue weighted by Crippen LogP contribution is -2.38. The van der Waals surface area contributed by atoms with E-state index in [1.807, 2.05) is 73.7 Å². The molecule has 0 radical (unpaired) electrons. The summed E-state index contributed by atoms with van der Waals surface area (Å²) in [5.74, 6) is 4.06.